The number of aryl methyl sites for hydroxylation is 1. The van der Waals surface area contributed by atoms with Crippen LogP contribution in [-0.2, 0) is 18.4 Å². The molecule has 122 valence electrons. The second kappa shape index (κ2) is 7.14. The molecule has 0 aliphatic heterocycles. The SMILES string of the molecule is Cn1cc(/C=C/C(=O)Nc2ccn(Cc3cccc(Cl)c3)n2)cn1. The molecule has 0 saturated carbocycles. The zero-order chi connectivity index (χ0) is 16.9. The van der Waals surface area contributed by atoms with Gasteiger partial charge in [-0.05, 0) is 23.8 Å². The number of benzene rings is 1. The van der Waals surface area contributed by atoms with E-state index in [9.17, 15) is 4.79 Å². The summed E-state index contributed by atoms with van der Waals surface area (Å²) < 4.78 is 3.42. The largest absolute Gasteiger partial charge is 0.306 e. The van der Waals surface area contributed by atoms with Crippen molar-refractivity contribution in [3.63, 3.8) is 0 Å². The minimum Gasteiger partial charge on any atom is -0.306 e. The Hall–Kier alpha value is -2.86. The molecule has 0 aliphatic rings. The lowest BCUT2D eigenvalue weighted by atomic mass is 10.2. The van der Waals surface area contributed by atoms with Gasteiger partial charge in [0.15, 0.2) is 5.82 Å². The van der Waals surface area contributed by atoms with Crippen LogP contribution in [0, 0.1) is 0 Å². The molecule has 0 unspecified atom stereocenters. The molecule has 0 aliphatic carbocycles. The number of anilines is 1. The Morgan fingerprint density at radius 2 is 2.25 bits per heavy atom. The Morgan fingerprint density at radius 3 is 3.00 bits per heavy atom. The molecule has 0 radical (unpaired) electrons. The molecule has 0 atom stereocenters. The van der Waals surface area contributed by atoms with Gasteiger partial charge in [0, 0.05) is 42.2 Å². The minimum atomic E-state index is -0.244. The Labute approximate surface area is 144 Å². The van der Waals surface area contributed by atoms with Crippen LogP contribution < -0.4 is 5.32 Å². The van der Waals surface area contributed by atoms with Crippen molar-refractivity contribution < 1.29 is 4.79 Å². The van der Waals surface area contributed by atoms with Crippen LogP contribution in [0.5, 0.6) is 0 Å². The molecule has 2 heterocycles. The van der Waals surface area contributed by atoms with Crippen LogP contribution >= 0.6 is 11.6 Å². The average molecular weight is 342 g/mol. The minimum absolute atomic E-state index is 0.244. The smallest absolute Gasteiger partial charge is 0.249 e. The maximum Gasteiger partial charge on any atom is 0.249 e. The molecule has 7 heteroatoms. The third kappa shape index (κ3) is 4.33. The highest BCUT2D eigenvalue weighted by molar-refractivity contribution is 6.30. The van der Waals surface area contributed by atoms with Crippen molar-refractivity contribution in [3.05, 3.63) is 71.1 Å². The van der Waals surface area contributed by atoms with E-state index in [2.05, 4.69) is 15.5 Å². The second-order valence-corrected chi connectivity index (χ2v) is 5.73. The predicted octanol–water partition coefficient (Wildman–Crippen LogP) is 2.97. The van der Waals surface area contributed by atoms with E-state index in [1.165, 1.54) is 6.08 Å². The Balaban J connectivity index is 1.59. The Morgan fingerprint density at radius 1 is 1.38 bits per heavy atom. The number of carbonyl (C=O) groups is 1. The standard InChI is InChI=1S/C17H16ClN5O/c1-22-11-14(10-19-22)5-6-17(24)20-16-7-8-23(21-16)12-13-3-2-4-15(18)9-13/h2-11H,12H2,1H3,(H,20,21,24)/b6-5+. The molecule has 3 rings (SSSR count). The van der Waals surface area contributed by atoms with Crippen molar-refractivity contribution >= 4 is 29.4 Å². The molecule has 24 heavy (non-hydrogen) atoms. The molecule has 3 aromatic rings. The van der Waals surface area contributed by atoms with E-state index >= 15 is 0 Å². The van der Waals surface area contributed by atoms with Crippen molar-refractivity contribution in [2.24, 2.45) is 7.05 Å². The molecule has 2 aromatic heterocycles. The molecule has 0 fully saturated rings. The van der Waals surface area contributed by atoms with Gasteiger partial charge < -0.3 is 5.32 Å². The summed E-state index contributed by atoms with van der Waals surface area (Å²) in [5.41, 5.74) is 1.90. The number of rotatable bonds is 5. The summed E-state index contributed by atoms with van der Waals surface area (Å²) in [5.74, 6) is 0.254. The molecule has 6 nitrogen and oxygen atoms in total. The first-order valence-electron chi connectivity index (χ1n) is 7.34. The van der Waals surface area contributed by atoms with Crippen molar-refractivity contribution in [3.8, 4) is 0 Å². The van der Waals surface area contributed by atoms with Gasteiger partial charge in [0.1, 0.15) is 0 Å². The molecule has 1 aromatic carbocycles. The topological polar surface area (TPSA) is 64.7 Å². The van der Waals surface area contributed by atoms with Crippen molar-refractivity contribution in [2.45, 2.75) is 6.54 Å². The maximum atomic E-state index is 11.9. The van der Waals surface area contributed by atoms with E-state index in [4.69, 9.17) is 11.6 Å². The first kappa shape index (κ1) is 16.0. The summed E-state index contributed by atoms with van der Waals surface area (Å²) in [6.45, 7) is 0.585. The second-order valence-electron chi connectivity index (χ2n) is 5.30. The predicted molar refractivity (Wildman–Crippen MR) is 93.7 cm³/mol. The maximum absolute atomic E-state index is 11.9. The third-order valence-corrected chi connectivity index (χ3v) is 3.51. The molecule has 0 bridgehead atoms. The van der Waals surface area contributed by atoms with Gasteiger partial charge in [-0.15, -0.1) is 0 Å². The quantitative estimate of drug-likeness (QED) is 0.726. The van der Waals surface area contributed by atoms with Crippen LogP contribution in [0.25, 0.3) is 6.08 Å². The summed E-state index contributed by atoms with van der Waals surface area (Å²) >= 11 is 5.97. The first-order valence-corrected chi connectivity index (χ1v) is 7.72. The molecular weight excluding hydrogens is 326 g/mol. The van der Waals surface area contributed by atoms with Crippen molar-refractivity contribution in [1.29, 1.82) is 0 Å². The van der Waals surface area contributed by atoms with Gasteiger partial charge >= 0.3 is 0 Å². The summed E-state index contributed by atoms with van der Waals surface area (Å²) in [4.78, 5) is 11.9. The zero-order valence-electron chi connectivity index (χ0n) is 13.1. The third-order valence-electron chi connectivity index (χ3n) is 3.28. The number of halogens is 1. The fourth-order valence-electron chi connectivity index (χ4n) is 2.20. The number of amides is 1. The number of carbonyl (C=O) groups excluding carboxylic acids is 1. The zero-order valence-corrected chi connectivity index (χ0v) is 13.8. The molecule has 1 N–H and O–H groups in total. The summed E-state index contributed by atoms with van der Waals surface area (Å²) in [5, 5.41) is 11.8. The van der Waals surface area contributed by atoms with E-state index in [0.717, 1.165) is 11.1 Å². The summed E-state index contributed by atoms with van der Waals surface area (Å²) in [6.07, 6.45) is 8.46. The van der Waals surface area contributed by atoms with Gasteiger partial charge in [0.2, 0.25) is 5.91 Å². The molecular formula is C17H16ClN5O. The van der Waals surface area contributed by atoms with E-state index in [-0.39, 0.29) is 5.91 Å². The van der Waals surface area contributed by atoms with Gasteiger partial charge in [0.25, 0.3) is 0 Å². The van der Waals surface area contributed by atoms with Gasteiger partial charge in [-0.3, -0.25) is 14.2 Å². The lowest BCUT2D eigenvalue weighted by molar-refractivity contribution is -0.111. The van der Waals surface area contributed by atoms with Gasteiger partial charge in [0.05, 0.1) is 12.7 Å². The van der Waals surface area contributed by atoms with Crippen molar-refractivity contribution in [1.82, 2.24) is 19.6 Å². The Kier molecular flexibility index (Phi) is 4.77. The van der Waals surface area contributed by atoms with E-state index < -0.39 is 0 Å². The number of nitrogens with zero attached hydrogens (tertiary/aromatic N) is 4. The van der Waals surface area contributed by atoms with E-state index in [1.807, 2.05) is 37.5 Å². The van der Waals surface area contributed by atoms with Crippen LogP contribution in [0.2, 0.25) is 5.02 Å². The number of hydrogen-bond donors (Lipinski definition) is 1. The number of aromatic nitrogens is 4. The van der Waals surface area contributed by atoms with Crippen molar-refractivity contribution in [2.75, 3.05) is 5.32 Å². The summed E-state index contributed by atoms with van der Waals surface area (Å²) in [6, 6.07) is 9.34. The van der Waals surface area contributed by atoms with Crippen LogP contribution in [0.15, 0.2) is 55.0 Å². The van der Waals surface area contributed by atoms with E-state index in [0.29, 0.717) is 17.4 Å². The van der Waals surface area contributed by atoms with Crippen LogP contribution in [0.1, 0.15) is 11.1 Å². The highest BCUT2D eigenvalue weighted by Crippen LogP contribution is 2.12. The fourth-order valence-corrected chi connectivity index (χ4v) is 2.42. The molecule has 0 spiro atoms. The van der Waals surface area contributed by atoms with E-state index in [1.54, 1.807) is 33.9 Å². The Bertz CT molecular complexity index is 881. The first-order chi connectivity index (χ1) is 11.6. The van der Waals surface area contributed by atoms with Gasteiger partial charge in [-0.25, -0.2) is 0 Å². The van der Waals surface area contributed by atoms with Crippen LogP contribution in [0.4, 0.5) is 5.82 Å². The summed E-state index contributed by atoms with van der Waals surface area (Å²) in [7, 11) is 1.82. The normalized spacial score (nSPS) is 11.1. The highest BCUT2D eigenvalue weighted by atomic mass is 35.5. The lowest BCUT2D eigenvalue weighted by Crippen LogP contribution is -2.09. The number of nitrogens with one attached hydrogen (secondary N) is 1. The van der Waals surface area contributed by atoms with Crippen LogP contribution in [-0.4, -0.2) is 25.5 Å². The molecule has 1 amide bonds. The van der Waals surface area contributed by atoms with Gasteiger partial charge in [-0.2, -0.15) is 10.2 Å². The fraction of sp³-hybridized carbons (Fsp3) is 0.118. The number of hydrogen-bond acceptors (Lipinski definition) is 3. The molecule has 0 saturated heterocycles. The highest BCUT2D eigenvalue weighted by Gasteiger charge is 2.03. The average Bonchev–Trinajstić information content (AvgIpc) is 3.14. The monoisotopic (exact) mass is 341 g/mol. The van der Waals surface area contributed by atoms with Crippen LogP contribution in [0.3, 0.4) is 0 Å². The lowest BCUT2D eigenvalue weighted by Gasteiger charge is -2.02. The van der Waals surface area contributed by atoms with Gasteiger partial charge in [-0.1, -0.05) is 23.7 Å².